The molecule has 86 valence electrons. The number of carbonyl (C=O) groups is 2. The first kappa shape index (κ1) is 12.7. The van der Waals surface area contributed by atoms with Crippen LogP contribution in [0.4, 0.5) is 5.69 Å². The van der Waals surface area contributed by atoms with Crippen molar-refractivity contribution in [3.8, 4) is 0 Å². The summed E-state index contributed by atoms with van der Waals surface area (Å²) in [5, 5.41) is 2.69. The summed E-state index contributed by atoms with van der Waals surface area (Å²) in [7, 11) is 0. The fourth-order valence-electron chi connectivity index (χ4n) is 1.12. The van der Waals surface area contributed by atoms with Gasteiger partial charge in [0.05, 0.1) is 0 Å². The zero-order valence-corrected chi connectivity index (χ0v) is 10.5. The molecule has 0 spiro atoms. The van der Waals surface area contributed by atoms with Crippen LogP contribution >= 0.6 is 15.9 Å². The molecule has 5 heteroatoms. The number of amides is 2. The van der Waals surface area contributed by atoms with Crippen LogP contribution in [0.15, 0.2) is 28.7 Å². The Labute approximate surface area is 102 Å². The molecule has 0 heterocycles. The smallest absolute Gasteiger partial charge is 0.225 e. The second-order valence-electron chi connectivity index (χ2n) is 3.56. The van der Waals surface area contributed by atoms with Gasteiger partial charge in [0.2, 0.25) is 11.8 Å². The molecule has 2 amide bonds. The first-order valence-corrected chi connectivity index (χ1v) is 5.63. The standard InChI is InChI=1S/C11H13BrN2O2/c1-7(11(13)16)6-10(15)14-9-4-2-8(12)3-5-9/h2-5,7H,6H2,1H3,(H2,13,16)(H,14,15). The summed E-state index contributed by atoms with van der Waals surface area (Å²) in [5.41, 5.74) is 5.77. The van der Waals surface area contributed by atoms with Crippen LogP contribution in [0.1, 0.15) is 13.3 Å². The molecular formula is C11H13BrN2O2. The van der Waals surface area contributed by atoms with Crippen molar-refractivity contribution in [3.05, 3.63) is 28.7 Å². The van der Waals surface area contributed by atoms with Crippen LogP contribution in [0, 0.1) is 5.92 Å². The predicted octanol–water partition coefficient (Wildman–Crippen LogP) is 1.90. The van der Waals surface area contributed by atoms with Gasteiger partial charge in [-0.3, -0.25) is 9.59 Å². The second kappa shape index (κ2) is 5.65. The van der Waals surface area contributed by atoms with E-state index in [9.17, 15) is 9.59 Å². The van der Waals surface area contributed by atoms with Gasteiger partial charge in [-0.2, -0.15) is 0 Å². The Morgan fingerprint density at radius 3 is 2.44 bits per heavy atom. The number of primary amides is 1. The third-order valence-electron chi connectivity index (χ3n) is 2.11. The van der Waals surface area contributed by atoms with Gasteiger partial charge in [-0.15, -0.1) is 0 Å². The number of carbonyl (C=O) groups excluding carboxylic acids is 2. The molecule has 0 saturated heterocycles. The molecule has 0 aliphatic rings. The van der Waals surface area contributed by atoms with Crippen LogP contribution in [0.3, 0.4) is 0 Å². The summed E-state index contributed by atoms with van der Waals surface area (Å²) in [6.45, 7) is 1.63. The quantitative estimate of drug-likeness (QED) is 0.886. The van der Waals surface area contributed by atoms with E-state index in [1.54, 1.807) is 19.1 Å². The van der Waals surface area contributed by atoms with Gasteiger partial charge in [0, 0.05) is 22.5 Å². The van der Waals surface area contributed by atoms with Crippen molar-refractivity contribution in [1.82, 2.24) is 0 Å². The van der Waals surface area contributed by atoms with E-state index in [1.165, 1.54) is 0 Å². The molecule has 0 aromatic heterocycles. The summed E-state index contributed by atoms with van der Waals surface area (Å²) in [6.07, 6.45) is 0.103. The highest BCUT2D eigenvalue weighted by Gasteiger charge is 2.13. The Kier molecular flexibility index (Phi) is 4.49. The molecule has 1 aromatic carbocycles. The summed E-state index contributed by atoms with van der Waals surface area (Å²) in [4.78, 5) is 22.2. The number of benzene rings is 1. The first-order chi connectivity index (χ1) is 7.49. The maximum absolute atomic E-state index is 11.5. The molecule has 0 fully saturated rings. The third kappa shape index (κ3) is 4.02. The van der Waals surface area contributed by atoms with Crippen LogP contribution < -0.4 is 11.1 Å². The molecule has 3 N–H and O–H groups in total. The van der Waals surface area contributed by atoms with Crippen molar-refractivity contribution < 1.29 is 9.59 Å². The van der Waals surface area contributed by atoms with Gasteiger partial charge in [-0.1, -0.05) is 22.9 Å². The van der Waals surface area contributed by atoms with E-state index in [0.717, 1.165) is 4.47 Å². The van der Waals surface area contributed by atoms with Crippen molar-refractivity contribution in [1.29, 1.82) is 0 Å². The van der Waals surface area contributed by atoms with Crippen LogP contribution in [0.2, 0.25) is 0 Å². The lowest BCUT2D eigenvalue weighted by atomic mass is 10.1. The molecule has 1 aromatic rings. The lowest BCUT2D eigenvalue weighted by molar-refractivity contribution is -0.125. The van der Waals surface area contributed by atoms with Crippen molar-refractivity contribution in [2.75, 3.05) is 5.32 Å². The number of nitrogens with two attached hydrogens (primary N) is 1. The van der Waals surface area contributed by atoms with E-state index in [1.807, 2.05) is 12.1 Å². The molecule has 1 rings (SSSR count). The fraction of sp³-hybridized carbons (Fsp3) is 0.273. The van der Waals surface area contributed by atoms with Gasteiger partial charge in [0.15, 0.2) is 0 Å². The average Bonchev–Trinajstić information content (AvgIpc) is 2.21. The minimum absolute atomic E-state index is 0.103. The number of halogens is 1. The summed E-state index contributed by atoms with van der Waals surface area (Å²) in [5.74, 6) is -1.13. The molecule has 4 nitrogen and oxygen atoms in total. The lowest BCUT2D eigenvalue weighted by Gasteiger charge is -2.08. The number of hydrogen-bond acceptors (Lipinski definition) is 2. The molecule has 0 radical (unpaired) electrons. The van der Waals surface area contributed by atoms with E-state index in [2.05, 4.69) is 21.2 Å². The number of hydrogen-bond donors (Lipinski definition) is 2. The van der Waals surface area contributed by atoms with Crippen molar-refractivity contribution in [2.24, 2.45) is 11.7 Å². The van der Waals surface area contributed by atoms with E-state index in [0.29, 0.717) is 5.69 Å². The highest BCUT2D eigenvalue weighted by molar-refractivity contribution is 9.10. The molecule has 0 bridgehead atoms. The van der Waals surface area contributed by atoms with Gasteiger partial charge < -0.3 is 11.1 Å². The number of rotatable bonds is 4. The van der Waals surface area contributed by atoms with E-state index in [4.69, 9.17) is 5.73 Å². The summed E-state index contributed by atoms with van der Waals surface area (Å²) < 4.78 is 0.941. The fourth-order valence-corrected chi connectivity index (χ4v) is 1.39. The zero-order valence-electron chi connectivity index (χ0n) is 8.87. The minimum Gasteiger partial charge on any atom is -0.369 e. The molecular weight excluding hydrogens is 272 g/mol. The van der Waals surface area contributed by atoms with E-state index >= 15 is 0 Å². The largest absolute Gasteiger partial charge is 0.369 e. The van der Waals surface area contributed by atoms with Gasteiger partial charge in [-0.25, -0.2) is 0 Å². The molecule has 1 atom stereocenters. The molecule has 0 aliphatic carbocycles. The maximum atomic E-state index is 11.5. The molecule has 0 aliphatic heterocycles. The van der Waals surface area contributed by atoms with Crippen LogP contribution in [-0.4, -0.2) is 11.8 Å². The van der Waals surface area contributed by atoms with E-state index < -0.39 is 11.8 Å². The number of anilines is 1. The molecule has 0 saturated carbocycles. The predicted molar refractivity (Wildman–Crippen MR) is 65.7 cm³/mol. The van der Waals surface area contributed by atoms with Crippen LogP contribution in [0.25, 0.3) is 0 Å². The Bertz CT molecular complexity index is 389. The van der Waals surface area contributed by atoms with Gasteiger partial charge >= 0.3 is 0 Å². The molecule has 16 heavy (non-hydrogen) atoms. The van der Waals surface area contributed by atoms with Crippen LogP contribution in [0.5, 0.6) is 0 Å². The van der Waals surface area contributed by atoms with Gasteiger partial charge in [0.1, 0.15) is 0 Å². The van der Waals surface area contributed by atoms with Crippen molar-refractivity contribution in [2.45, 2.75) is 13.3 Å². The number of nitrogens with one attached hydrogen (secondary N) is 1. The van der Waals surface area contributed by atoms with Crippen LogP contribution in [-0.2, 0) is 9.59 Å². The highest BCUT2D eigenvalue weighted by atomic mass is 79.9. The normalized spacial score (nSPS) is 11.9. The maximum Gasteiger partial charge on any atom is 0.225 e. The van der Waals surface area contributed by atoms with E-state index in [-0.39, 0.29) is 12.3 Å². The molecule has 1 unspecified atom stereocenters. The average molecular weight is 285 g/mol. The second-order valence-corrected chi connectivity index (χ2v) is 4.48. The topological polar surface area (TPSA) is 72.2 Å². The van der Waals surface area contributed by atoms with Crippen molar-refractivity contribution >= 4 is 33.4 Å². The Morgan fingerprint density at radius 2 is 1.94 bits per heavy atom. The Morgan fingerprint density at radius 1 is 1.38 bits per heavy atom. The zero-order chi connectivity index (χ0) is 12.1. The monoisotopic (exact) mass is 284 g/mol. The lowest BCUT2D eigenvalue weighted by Crippen LogP contribution is -2.25. The van der Waals surface area contributed by atoms with Gasteiger partial charge in [0.25, 0.3) is 0 Å². The Balaban J connectivity index is 2.52. The minimum atomic E-state index is -0.467. The summed E-state index contributed by atoms with van der Waals surface area (Å²) >= 11 is 3.30. The highest BCUT2D eigenvalue weighted by Crippen LogP contribution is 2.14. The SMILES string of the molecule is CC(CC(=O)Nc1ccc(Br)cc1)C(N)=O. The third-order valence-corrected chi connectivity index (χ3v) is 2.63. The summed E-state index contributed by atoms with van der Waals surface area (Å²) in [6, 6.07) is 7.20. The first-order valence-electron chi connectivity index (χ1n) is 4.84. The Hall–Kier alpha value is -1.36. The van der Waals surface area contributed by atoms with Crippen molar-refractivity contribution in [3.63, 3.8) is 0 Å². The van der Waals surface area contributed by atoms with Gasteiger partial charge in [-0.05, 0) is 24.3 Å².